The van der Waals surface area contributed by atoms with E-state index in [1.54, 1.807) is 30.3 Å². The molecule has 0 spiro atoms. The number of halogens is 1. The molecule has 0 unspecified atom stereocenters. The number of esters is 1. The van der Waals surface area contributed by atoms with E-state index in [4.69, 9.17) is 18.6 Å². The molecule has 0 atom stereocenters. The Morgan fingerprint density at radius 2 is 1.92 bits per heavy atom. The summed E-state index contributed by atoms with van der Waals surface area (Å²) in [5.74, 6) is 0.579. The fraction of sp³-hybridized carbons (Fsp3) is 0.111. The van der Waals surface area contributed by atoms with Crippen LogP contribution in [-0.2, 0) is 11.3 Å². The molecule has 0 fully saturated rings. The highest BCUT2D eigenvalue weighted by Gasteiger charge is 2.17. The maximum Gasteiger partial charge on any atom is 0.338 e. The molecule has 2 aromatic carbocycles. The molecule has 2 heterocycles. The summed E-state index contributed by atoms with van der Waals surface area (Å²) < 4.78 is 21.8. The Morgan fingerprint density at radius 1 is 1.08 bits per heavy atom. The molecule has 0 aliphatic carbocycles. The van der Waals surface area contributed by atoms with Crippen LogP contribution in [0.5, 0.6) is 11.5 Å². The third-order valence-corrected chi connectivity index (χ3v) is 4.25. The molecule has 1 aliphatic heterocycles. The predicted octanol–water partition coefficient (Wildman–Crippen LogP) is 3.64. The second-order valence-corrected chi connectivity index (χ2v) is 6.29. The van der Waals surface area contributed by atoms with Crippen molar-refractivity contribution in [3.63, 3.8) is 0 Å². The maximum absolute atomic E-state index is 12.3. The monoisotopic (exact) mass is 402 g/mol. The molecule has 4 rings (SSSR count). The second-order valence-electron chi connectivity index (χ2n) is 5.38. The molecule has 1 aliphatic rings. The fourth-order valence-corrected chi connectivity index (χ4v) is 2.91. The van der Waals surface area contributed by atoms with Gasteiger partial charge in [0, 0.05) is 21.5 Å². The summed E-state index contributed by atoms with van der Waals surface area (Å²) in [6, 6.07) is 11.5. The quantitative estimate of drug-likeness (QED) is 0.491. The first-order valence-corrected chi connectivity index (χ1v) is 8.18. The maximum atomic E-state index is 12.3. The van der Waals surface area contributed by atoms with Crippen LogP contribution in [0.25, 0.3) is 11.0 Å². The van der Waals surface area contributed by atoms with Gasteiger partial charge in [-0.25, -0.2) is 9.59 Å². The summed E-state index contributed by atoms with van der Waals surface area (Å²) in [6.07, 6.45) is 0. The van der Waals surface area contributed by atoms with Crippen LogP contribution in [0.15, 0.2) is 56.1 Å². The van der Waals surface area contributed by atoms with Gasteiger partial charge in [-0.3, -0.25) is 0 Å². The van der Waals surface area contributed by atoms with Crippen molar-refractivity contribution in [3.8, 4) is 11.5 Å². The van der Waals surface area contributed by atoms with E-state index in [0.717, 1.165) is 4.47 Å². The van der Waals surface area contributed by atoms with E-state index in [9.17, 15) is 9.59 Å². The number of benzene rings is 2. The zero-order valence-electron chi connectivity index (χ0n) is 12.8. The average molecular weight is 403 g/mol. The first-order chi connectivity index (χ1) is 12.1. The van der Waals surface area contributed by atoms with Gasteiger partial charge in [0.05, 0.1) is 5.56 Å². The zero-order valence-corrected chi connectivity index (χ0v) is 14.4. The number of carbonyl (C=O) groups excluding carboxylic acids is 1. The van der Waals surface area contributed by atoms with Gasteiger partial charge in [0.25, 0.3) is 0 Å². The van der Waals surface area contributed by atoms with E-state index in [-0.39, 0.29) is 13.4 Å². The topological polar surface area (TPSA) is 75.0 Å². The van der Waals surface area contributed by atoms with Crippen molar-refractivity contribution in [1.29, 1.82) is 0 Å². The van der Waals surface area contributed by atoms with E-state index in [0.29, 0.717) is 33.6 Å². The van der Waals surface area contributed by atoms with Gasteiger partial charge in [-0.05, 0) is 36.4 Å². The third-order valence-electron chi connectivity index (χ3n) is 3.76. The van der Waals surface area contributed by atoms with E-state index in [1.807, 2.05) is 6.07 Å². The molecule has 0 N–H and O–H groups in total. The highest BCUT2D eigenvalue weighted by molar-refractivity contribution is 9.10. The van der Waals surface area contributed by atoms with Crippen LogP contribution < -0.4 is 15.1 Å². The van der Waals surface area contributed by atoms with Crippen molar-refractivity contribution in [3.05, 3.63) is 68.5 Å². The summed E-state index contributed by atoms with van der Waals surface area (Å²) in [5.41, 5.74) is 0.850. The molecule has 0 saturated heterocycles. The van der Waals surface area contributed by atoms with Crippen LogP contribution in [0.1, 0.15) is 15.9 Å². The first kappa shape index (κ1) is 15.7. The van der Waals surface area contributed by atoms with Crippen LogP contribution >= 0.6 is 15.9 Å². The van der Waals surface area contributed by atoms with Crippen molar-refractivity contribution in [2.24, 2.45) is 0 Å². The standard InChI is InChI=1S/C18H11BrO6/c19-12-2-3-13-11(6-17(20)25-15(13)7-12)8-22-18(21)10-1-4-14-16(5-10)24-9-23-14/h1-7H,8-9H2. The molecule has 6 nitrogen and oxygen atoms in total. The molecule has 3 aromatic rings. The Hall–Kier alpha value is -2.80. The lowest BCUT2D eigenvalue weighted by Gasteiger charge is -2.08. The molecule has 0 saturated carbocycles. The summed E-state index contributed by atoms with van der Waals surface area (Å²) in [5, 5.41) is 0.710. The van der Waals surface area contributed by atoms with Crippen molar-refractivity contribution in [1.82, 2.24) is 0 Å². The summed E-state index contributed by atoms with van der Waals surface area (Å²) in [7, 11) is 0. The van der Waals surface area contributed by atoms with E-state index in [1.165, 1.54) is 6.07 Å². The Bertz CT molecular complexity index is 1040. The number of ether oxygens (including phenoxy) is 3. The minimum Gasteiger partial charge on any atom is -0.457 e. The number of hydrogen-bond donors (Lipinski definition) is 0. The Balaban J connectivity index is 1.58. The SMILES string of the molecule is O=C(OCc1cc(=O)oc2cc(Br)ccc12)c1ccc2c(c1)OCO2. The van der Waals surface area contributed by atoms with Gasteiger partial charge in [0.1, 0.15) is 12.2 Å². The van der Waals surface area contributed by atoms with E-state index < -0.39 is 11.6 Å². The number of hydrogen-bond acceptors (Lipinski definition) is 6. The van der Waals surface area contributed by atoms with Crippen LogP contribution in [0.4, 0.5) is 0 Å². The molecule has 1 aromatic heterocycles. The lowest BCUT2D eigenvalue weighted by molar-refractivity contribution is 0.0473. The Kier molecular flexibility index (Phi) is 3.93. The lowest BCUT2D eigenvalue weighted by atomic mass is 10.1. The predicted molar refractivity (Wildman–Crippen MR) is 91.9 cm³/mol. The van der Waals surface area contributed by atoms with E-state index in [2.05, 4.69) is 15.9 Å². The van der Waals surface area contributed by atoms with Crippen molar-refractivity contribution in [2.45, 2.75) is 6.61 Å². The van der Waals surface area contributed by atoms with Gasteiger partial charge >= 0.3 is 11.6 Å². The van der Waals surface area contributed by atoms with Crippen LogP contribution in [0, 0.1) is 0 Å². The summed E-state index contributed by atoms with van der Waals surface area (Å²) in [4.78, 5) is 24.0. The number of rotatable bonds is 3. The van der Waals surface area contributed by atoms with Crippen molar-refractivity contribution < 1.29 is 23.4 Å². The largest absolute Gasteiger partial charge is 0.457 e. The minimum absolute atomic E-state index is 0.0446. The van der Waals surface area contributed by atoms with Crippen LogP contribution in [0.2, 0.25) is 0 Å². The van der Waals surface area contributed by atoms with Crippen LogP contribution in [0.3, 0.4) is 0 Å². The highest BCUT2D eigenvalue weighted by atomic mass is 79.9. The molecular weight excluding hydrogens is 392 g/mol. The molecule has 0 bridgehead atoms. The molecular formula is C18H11BrO6. The molecule has 7 heteroatoms. The summed E-state index contributed by atoms with van der Waals surface area (Å²) in [6.45, 7) is 0.0895. The van der Waals surface area contributed by atoms with Gasteiger partial charge < -0.3 is 18.6 Å². The normalized spacial score (nSPS) is 12.4. The van der Waals surface area contributed by atoms with Gasteiger partial charge in [0.2, 0.25) is 6.79 Å². The molecule has 0 radical (unpaired) electrons. The Labute approximate surface area is 150 Å². The second kappa shape index (κ2) is 6.25. The molecule has 25 heavy (non-hydrogen) atoms. The average Bonchev–Trinajstić information content (AvgIpc) is 3.06. The summed E-state index contributed by atoms with van der Waals surface area (Å²) >= 11 is 3.33. The smallest absolute Gasteiger partial charge is 0.338 e. The van der Waals surface area contributed by atoms with Gasteiger partial charge in [-0.1, -0.05) is 15.9 Å². The van der Waals surface area contributed by atoms with Crippen molar-refractivity contribution in [2.75, 3.05) is 6.79 Å². The molecule has 126 valence electrons. The lowest BCUT2D eigenvalue weighted by Crippen LogP contribution is -2.08. The molecule has 0 amide bonds. The van der Waals surface area contributed by atoms with Gasteiger partial charge in [-0.2, -0.15) is 0 Å². The number of carbonyl (C=O) groups is 1. The van der Waals surface area contributed by atoms with Crippen LogP contribution in [-0.4, -0.2) is 12.8 Å². The minimum atomic E-state index is -0.517. The van der Waals surface area contributed by atoms with Gasteiger partial charge in [0.15, 0.2) is 11.5 Å². The van der Waals surface area contributed by atoms with Crippen molar-refractivity contribution >= 4 is 32.9 Å². The zero-order chi connectivity index (χ0) is 17.4. The van der Waals surface area contributed by atoms with Gasteiger partial charge in [-0.15, -0.1) is 0 Å². The number of fused-ring (bicyclic) bond motifs is 2. The highest BCUT2D eigenvalue weighted by Crippen LogP contribution is 2.32. The first-order valence-electron chi connectivity index (χ1n) is 7.39. The Morgan fingerprint density at radius 3 is 2.80 bits per heavy atom. The van der Waals surface area contributed by atoms with E-state index >= 15 is 0 Å². The third kappa shape index (κ3) is 3.10. The fourth-order valence-electron chi connectivity index (χ4n) is 2.57.